The maximum Gasteiger partial charge on any atom is 0.266 e. The van der Waals surface area contributed by atoms with E-state index in [0.717, 1.165) is 10.6 Å². The largest absolute Gasteiger partial charge is 0.481 e. The Morgan fingerprint density at radius 3 is 2.53 bits per heavy atom. The molecule has 1 aromatic carbocycles. The second-order valence-electron chi connectivity index (χ2n) is 4.19. The highest BCUT2D eigenvalue weighted by molar-refractivity contribution is 7.15. The van der Waals surface area contributed by atoms with Crippen LogP contribution in [0.2, 0.25) is 0 Å². The Morgan fingerprint density at radius 1 is 1.26 bits per heavy atom. The molecule has 0 saturated carbocycles. The Hall–Kier alpha value is -1.95. The van der Waals surface area contributed by atoms with E-state index < -0.39 is 6.10 Å². The normalized spacial score (nSPS) is 11.9. The Balaban J connectivity index is 1.94. The van der Waals surface area contributed by atoms with Gasteiger partial charge in [0.25, 0.3) is 5.91 Å². The van der Waals surface area contributed by atoms with Gasteiger partial charge in [0, 0.05) is 0 Å². The minimum absolute atomic E-state index is 0.239. The van der Waals surface area contributed by atoms with Gasteiger partial charge in [-0.1, -0.05) is 29.0 Å². The van der Waals surface area contributed by atoms with E-state index >= 15 is 0 Å². The van der Waals surface area contributed by atoms with Crippen LogP contribution in [0.1, 0.15) is 17.5 Å². The first kappa shape index (κ1) is 13.5. The summed E-state index contributed by atoms with van der Waals surface area (Å²) in [6.07, 6.45) is -0.591. The van der Waals surface area contributed by atoms with Crippen molar-refractivity contribution in [3.63, 3.8) is 0 Å². The Morgan fingerprint density at radius 2 is 1.95 bits per heavy atom. The summed E-state index contributed by atoms with van der Waals surface area (Å²) in [7, 11) is 0. The second kappa shape index (κ2) is 5.79. The molecule has 2 rings (SSSR count). The number of carbonyl (C=O) groups excluding carboxylic acids is 1. The molecule has 1 heterocycles. The van der Waals surface area contributed by atoms with Gasteiger partial charge in [-0.15, -0.1) is 10.2 Å². The van der Waals surface area contributed by atoms with Gasteiger partial charge in [0.2, 0.25) is 5.13 Å². The third kappa shape index (κ3) is 3.75. The van der Waals surface area contributed by atoms with Crippen molar-refractivity contribution in [2.24, 2.45) is 0 Å². The number of nitrogens with zero attached hydrogens (tertiary/aromatic N) is 2. The van der Waals surface area contributed by atoms with Crippen LogP contribution in [-0.2, 0) is 4.79 Å². The topological polar surface area (TPSA) is 64.1 Å². The summed E-state index contributed by atoms with van der Waals surface area (Å²) in [6, 6.07) is 7.56. The van der Waals surface area contributed by atoms with Crippen molar-refractivity contribution in [2.45, 2.75) is 26.9 Å². The van der Waals surface area contributed by atoms with Crippen LogP contribution >= 0.6 is 11.3 Å². The van der Waals surface area contributed by atoms with Gasteiger partial charge in [-0.3, -0.25) is 10.1 Å². The zero-order chi connectivity index (χ0) is 13.8. The molecule has 19 heavy (non-hydrogen) atoms. The predicted molar refractivity (Wildman–Crippen MR) is 74.5 cm³/mol. The number of nitrogens with one attached hydrogen (secondary N) is 1. The molecule has 0 fully saturated rings. The lowest BCUT2D eigenvalue weighted by atomic mass is 10.2. The van der Waals surface area contributed by atoms with Crippen molar-refractivity contribution >= 4 is 22.4 Å². The zero-order valence-electron chi connectivity index (χ0n) is 11.0. The summed E-state index contributed by atoms with van der Waals surface area (Å²) in [4.78, 5) is 11.9. The summed E-state index contributed by atoms with van der Waals surface area (Å²) in [5.41, 5.74) is 1.15. The molecular formula is C13H15N3O2S. The summed E-state index contributed by atoms with van der Waals surface area (Å²) < 4.78 is 5.55. The molecule has 100 valence electrons. The van der Waals surface area contributed by atoms with Gasteiger partial charge >= 0.3 is 0 Å². The molecule has 1 unspecified atom stereocenters. The summed E-state index contributed by atoms with van der Waals surface area (Å²) >= 11 is 1.33. The molecule has 1 N–H and O–H groups in total. The molecule has 5 nitrogen and oxygen atoms in total. The van der Waals surface area contributed by atoms with Crippen LogP contribution in [0.3, 0.4) is 0 Å². The van der Waals surface area contributed by atoms with Crippen LogP contribution in [0.25, 0.3) is 0 Å². The molecule has 1 amide bonds. The lowest BCUT2D eigenvalue weighted by molar-refractivity contribution is -0.122. The molecule has 0 radical (unpaired) electrons. The van der Waals surface area contributed by atoms with Gasteiger partial charge in [0.15, 0.2) is 6.10 Å². The molecule has 0 aliphatic carbocycles. The molecule has 1 atom stereocenters. The predicted octanol–water partition coefficient (Wildman–Crippen LogP) is 2.56. The number of hydrogen-bond donors (Lipinski definition) is 1. The molecular weight excluding hydrogens is 262 g/mol. The molecule has 0 aliphatic heterocycles. The van der Waals surface area contributed by atoms with Crippen LogP contribution in [0.4, 0.5) is 5.13 Å². The van der Waals surface area contributed by atoms with Crippen LogP contribution in [-0.4, -0.2) is 22.2 Å². The van der Waals surface area contributed by atoms with Crippen molar-refractivity contribution in [3.8, 4) is 5.75 Å². The average Bonchev–Trinajstić information content (AvgIpc) is 2.77. The van der Waals surface area contributed by atoms with E-state index in [4.69, 9.17) is 4.74 Å². The van der Waals surface area contributed by atoms with Gasteiger partial charge < -0.3 is 4.74 Å². The monoisotopic (exact) mass is 277 g/mol. The van der Waals surface area contributed by atoms with Crippen molar-refractivity contribution in [2.75, 3.05) is 5.32 Å². The van der Waals surface area contributed by atoms with Gasteiger partial charge in [0.05, 0.1) is 0 Å². The number of rotatable bonds is 4. The van der Waals surface area contributed by atoms with Crippen LogP contribution in [0.15, 0.2) is 24.3 Å². The quantitative estimate of drug-likeness (QED) is 0.932. The van der Waals surface area contributed by atoms with E-state index in [-0.39, 0.29) is 5.91 Å². The van der Waals surface area contributed by atoms with Crippen molar-refractivity contribution in [1.82, 2.24) is 10.2 Å². The first-order valence-corrected chi connectivity index (χ1v) is 6.70. The fourth-order valence-corrected chi connectivity index (χ4v) is 2.02. The van der Waals surface area contributed by atoms with Crippen molar-refractivity contribution in [1.29, 1.82) is 0 Å². The highest BCUT2D eigenvalue weighted by atomic mass is 32.1. The van der Waals surface area contributed by atoms with Gasteiger partial charge in [-0.05, 0) is 32.9 Å². The number of anilines is 1. The number of ether oxygens (including phenoxy) is 1. The lowest BCUT2D eigenvalue weighted by Gasteiger charge is -2.13. The highest BCUT2D eigenvalue weighted by Crippen LogP contribution is 2.16. The Labute approximate surface area is 115 Å². The van der Waals surface area contributed by atoms with Gasteiger partial charge in [0.1, 0.15) is 10.8 Å². The van der Waals surface area contributed by atoms with Gasteiger partial charge in [-0.2, -0.15) is 0 Å². The maximum absolute atomic E-state index is 11.9. The smallest absolute Gasteiger partial charge is 0.266 e. The number of benzene rings is 1. The third-order valence-electron chi connectivity index (χ3n) is 2.46. The minimum atomic E-state index is -0.591. The average molecular weight is 277 g/mol. The highest BCUT2D eigenvalue weighted by Gasteiger charge is 2.16. The first-order valence-electron chi connectivity index (χ1n) is 5.89. The van der Waals surface area contributed by atoms with E-state index in [1.807, 2.05) is 38.1 Å². The molecule has 0 spiro atoms. The zero-order valence-corrected chi connectivity index (χ0v) is 11.8. The number of aromatic nitrogens is 2. The van der Waals surface area contributed by atoms with Crippen LogP contribution in [0.5, 0.6) is 5.75 Å². The maximum atomic E-state index is 11.9. The van der Waals surface area contributed by atoms with E-state index in [1.165, 1.54) is 11.3 Å². The fraction of sp³-hybridized carbons (Fsp3) is 0.308. The number of carbonyl (C=O) groups is 1. The van der Waals surface area contributed by atoms with E-state index in [9.17, 15) is 4.79 Å². The number of aryl methyl sites for hydroxylation is 2. The van der Waals surface area contributed by atoms with E-state index in [0.29, 0.717) is 10.9 Å². The molecule has 1 aromatic heterocycles. The van der Waals surface area contributed by atoms with Crippen LogP contribution < -0.4 is 10.1 Å². The standard InChI is InChI=1S/C13H15N3O2S/c1-8-4-6-11(7-5-8)18-9(2)12(17)14-13-16-15-10(3)19-13/h4-7,9H,1-3H3,(H,14,16,17). The third-order valence-corrected chi connectivity index (χ3v) is 3.21. The molecule has 0 bridgehead atoms. The molecule has 6 heteroatoms. The van der Waals surface area contributed by atoms with E-state index in [2.05, 4.69) is 15.5 Å². The SMILES string of the molecule is Cc1ccc(OC(C)C(=O)Nc2nnc(C)s2)cc1. The molecule has 0 aliphatic rings. The van der Waals surface area contributed by atoms with Crippen molar-refractivity contribution < 1.29 is 9.53 Å². The Bertz CT molecular complexity index is 566. The fourth-order valence-electron chi connectivity index (χ4n) is 1.43. The summed E-state index contributed by atoms with van der Waals surface area (Å²) in [6.45, 7) is 5.53. The Kier molecular flexibility index (Phi) is 4.11. The number of amides is 1. The summed E-state index contributed by atoms with van der Waals surface area (Å²) in [5, 5.41) is 11.6. The van der Waals surface area contributed by atoms with E-state index in [1.54, 1.807) is 6.92 Å². The number of hydrogen-bond acceptors (Lipinski definition) is 5. The first-order chi connectivity index (χ1) is 9.04. The second-order valence-corrected chi connectivity index (χ2v) is 5.37. The molecule has 2 aromatic rings. The van der Waals surface area contributed by atoms with Crippen LogP contribution in [0, 0.1) is 13.8 Å². The minimum Gasteiger partial charge on any atom is -0.481 e. The molecule has 0 saturated heterocycles. The summed E-state index contributed by atoms with van der Waals surface area (Å²) in [5.74, 6) is 0.429. The van der Waals surface area contributed by atoms with Gasteiger partial charge in [-0.25, -0.2) is 0 Å². The van der Waals surface area contributed by atoms with Crippen molar-refractivity contribution in [3.05, 3.63) is 34.8 Å². The lowest BCUT2D eigenvalue weighted by Crippen LogP contribution is -2.30.